The number of Topliss-reactive ketones (excluding diaryl/α,β-unsaturated/α-hetero) is 1. The molecule has 7 nitrogen and oxygen atoms in total. The lowest BCUT2D eigenvalue weighted by Crippen LogP contribution is -2.49. The molecule has 2 aromatic carbocycles. The fourth-order valence-electron chi connectivity index (χ4n) is 4.08. The summed E-state index contributed by atoms with van der Waals surface area (Å²) < 4.78 is 5.93. The second-order valence-corrected chi connectivity index (χ2v) is 8.18. The Balaban J connectivity index is 1.31. The molecule has 2 aliphatic heterocycles. The molecule has 0 unspecified atom stereocenters. The molecule has 4 rings (SSSR count). The second-order valence-electron chi connectivity index (χ2n) is 8.18. The Kier molecular flexibility index (Phi) is 6.04. The van der Waals surface area contributed by atoms with Gasteiger partial charge in [0.25, 0.3) is 11.8 Å². The number of rotatable bonds is 7. The zero-order chi connectivity index (χ0) is 22.0. The first-order valence-corrected chi connectivity index (χ1v) is 10.6. The predicted octanol–water partition coefficient (Wildman–Crippen LogP) is 2.46. The van der Waals surface area contributed by atoms with Crippen molar-refractivity contribution in [3.05, 3.63) is 59.7 Å². The van der Waals surface area contributed by atoms with Crippen molar-refractivity contribution in [2.45, 2.75) is 20.0 Å². The molecule has 0 spiro atoms. The van der Waals surface area contributed by atoms with E-state index in [0.29, 0.717) is 11.1 Å². The van der Waals surface area contributed by atoms with E-state index in [4.69, 9.17) is 4.74 Å². The fourth-order valence-corrected chi connectivity index (χ4v) is 4.08. The van der Waals surface area contributed by atoms with Crippen LogP contribution in [0.15, 0.2) is 48.5 Å². The van der Waals surface area contributed by atoms with Gasteiger partial charge in [0.15, 0.2) is 5.78 Å². The zero-order valence-corrected chi connectivity index (χ0v) is 17.9. The van der Waals surface area contributed by atoms with Crippen LogP contribution in [0.4, 0.5) is 5.69 Å². The molecular weight excluding hydrogens is 394 g/mol. The van der Waals surface area contributed by atoms with Gasteiger partial charge in [0.1, 0.15) is 5.75 Å². The van der Waals surface area contributed by atoms with E-state index in [2.05, 4.69) is 15.9 Å². The Labute approximate surface area is 182 Å². The van der Waals surface area contributed by atoms with E-state index in [1.54, 1.807) is 24.3 Å². The van der Waals surface area contributed by atoms with E-state index in [-0.39, 0.29) is 36.8 Å². The van der Waals surface area contributed by atoms with Crippen LogP contribution in [0.25, 0.3) is 0 Å². The molecule has 31 heavy (non-hydrogen) atoms. The van der Waals surface area contributed by atoms with Gasteiger partial charge in [0, 0.05) is 26.2 Å². The molecular formula is C24H27N3O4. The molecule has 0 bridgehead atoms. The summed E-state index contributed by atoms with van der Waals surface area (Å²) in [5, 5.41) is 0. The summed E-state index contributed by atoms with van der Waals surface area (Å²) in [7, 11) is 0. The minimum absolute atomic E-state index is 0.0993. The van der Waals surface area contributed by atoms with Gasteiger partial charge in [-0.3, -0.25) is 24.2 Å². The number of ether oxygens (including phenoxy) is 1. The zero-order valence-electron chi connectivity index (χ0n) is 17.9. The average Bonchev–Trinajstić information content (AvgIpc) is 2.99. The summed E-state index contributed by atoms with van der Waals surface area (Å²) in [6.07, 6.45) is 0.0993. The molecule has 1 fully saturated rings. The van der Waals surface area contributed by atoms with Crippen LogP contribution in [-0.4, -0.2) is 72.8 Å². The maximum Gasteiger partial charge on any atom is 0.261 e. The topological polar surface area (TPSA) is 70.2 Å². The number of carbonyl (C=O) groups is 3. The molecule has 2 aromatic rings. The molecule has 162 valence electrons. The largest absolute Gasteiger partial charge is 0.489 e. The van der Waals surface area contributed by atoms with E-state index in [1.807, 2.05) is 32.0 Å². The van der Waals surface area contributed by atoms with Gasteiger partial charge in [0.05, 0.1) is 36.0 Å². The van der Waals surface area contributed by atoms with E-state index in [1.165, 1.54) is 0 Å². The van der Waals surface area contributed by atoms with Crippen LogP contribution < -0.4 is 9.64 Å². The Morgan fingerprint density at radius 3 is 2.06 bits per heavy atom. The average molecular weight is 421 g/mol. The van der Waals surface area contributed by atoms with E-state index >= 15 is 0 Å². The quantitative estimate of drug-likeness (QED) is 0.640. The first-order valence-electron chi connectivity index (χ1n) is 10.6. The molecule has 0 aromatic heterocycles. The third-order valence-electron chi connectivity index (χ3n) is 5.55. The third-order valence-corrected chi connectivity index (χ3v) is 5.55. The van der Waals surface area contributed by atoms with Crippen molar-refractivity contribution in [1.29, 1.82) is 0 Å². The van der Waals surface area contributed by atoms with Crippen LogP contribution in [-0.2, 0) is 4.79 Å². The number of piperazine rings is 1. The molecule has 0 atom stereocenters. The standard InChI is InChI=1S/C24H27N3O4/c1-17(2)31-22-10-6-5-9-21(22)26-13-11-25(12-14-26)15-18(28)16-27-23(29)19-7-3-4-8-20(19)24(27)30/h3-10,17H,11-16H2,1-2H3. The minimum atomic E-state index is -0.388. The van der Waals surface area contributed by atoms with Crippen molar-refractivity contribution in [2.24, 2.45) is 0 Å². The monoisotopic (exact) mass is 421 g/mol. The van der Waals surface area contributed by atoms with Crippen molar-refractivity contribution in [3.8, 4) is 5.75 Å². The lowest BCUT2D eigenvalue weighted by atomic mass is 10.1. The highest BCUT2D eigenvalue weighted by Gasteiger charge is 2.36. The van der Waals surface area contributed by atoms with E-state index in [0.717, 1.165) is 42.5 Å². The maximum atomic E-state index is 12.6. The van der Waals surface area contributed by atoms with Crippen LogP contribution in [0.5, 0.6) is 5.75 Å². The molecule has 2 heterocycles. The van der Waals surface area contributed by atoms with Crippen molar-refractivity contribution >= 4 is 23.3 Å². The number of hydrogen-bond donors (Lipinski definition) is 0. The van der Waals surface area contributed by atoms with E-state index < -0.39 is 0 Å². The number of benzene rings is 2. The summed E-state index contributed by atoms with van der Waals surface area (Å²) in [6.45, 7) is 7.07. The Hall–Kier alpha value is -3.19. The molecule has 2 amide bonds. The minimum Gasteiger partial charge on any atom is -0.489 e. The number of imide groups is 1. The number of carbonyl (C=O) groups excluding carboxylic acids is 3. The number of para-hydroxylation sites is 2. The smallest absolute Gasteiger partial charge is 0.261 e. The fraction of sp³-hybridized carbons (Fsp3) is 0.375. The van der Waals surface area contributed by atoms with Gasteiger partial charge in [-0.05, 0) is 38.1 Å². The van der Waals surface area contributed by atoms with E-state index in [9.17, 15) is 14.4 Å². The molecule has 7 heteroatoms. The molecule has 0 saturated carbocycles. The molecule has 0 aliphatic carbocycles. The highest BCUT2D eigenvalue weighted by molar-refractivity contribution is 6.22. The summed E-state index contributed by atoms with van der Waals surface area (Å²) in [5.41, 5.74) is 1.81. The summed E-state index contributed by atoms with van der Waals surface area (Å²) in [6, 6.07) is 14.7. The number of nitrogens with zero attached hydrogens (tertiary/aromatic N) is 3. The predicted molar refractivity (Wildman–Crippen MR) is 118 cm³/mol. The number of anilines is 1. The lowest BCUT2D eigenvalue weighted by molar-refractivity contribution is -0.120. The van der Waals surface area contributed by atoms with Crippen LogP contribution in [0, 0.1) is 0 Å². The number of fused-ring (bicyclic) bond motifs is 1. The van der Waals surface area contributed by atoms with Gasteiger partial charge >= 0.3 is 0 Å². The maximum absolute atomic E-state index is 12.6. The number of amides is 2. The van der Waals surface area contributed by atoms with Crippen LogP contribution in [0.1, 0.15) is 34.6 Å². The van der Waals surface area contributed by atoms with Gasteiger partial charge in [-0.25, -0.2) is 0 Å². The number of hydrogen-bond acceptors (Lipinski definition) is 6. The lowest BCUT2D eigenvalue weighted by Gasteiger charge is -2.36. The van der Waals surface area contributed by atoms with Gasteiger partial charge in [0.2, 0.25) is 0 Å². The summed E-state index contributed by atoms with van der Waals surface area (Å²) in [5.74, 6) is -0.0415. The van der Waals surface area contributed by atoms with Crippen molar-refractivity contribution in [2.75, 3.05) is 44.2 Å². The third kappa shape index (κ3) is 4.46. The Morgan fingerprint density at radius 2 is 1.45 bits per heavy atom. The van der Waals surface area contributed by atoms with Gasteiger partial charge < -0.3 is 9.64 Å². The Morgan fingerprint density at radius 1 is 0.871 bits per heavy atom. The van der Waals surface area contributed by atoms with Gasteiger partial charge in [-0.2, -0.15) is 0 Å². The molecule has 0 radical (unpaired) electrons. The highest BCUT2D eigenvalue weighted by atomic mass is 16.5. The second kappa shape index (κ2) is 8.89. The SMILES string of the molecule is CC(C)Oc1ccccc1N1CCN(CC(=O)CN2C(=O)c3ccccc3C2=O)CC1. The van der Waals surface area contributed by atoms with Crippen LogP contribution in [0.3, 0.4) is 0 Å². The summed E-state index contributed by atoms with van der Waals surface area (Å²) >= 11 is 0. The first-order chi connectivity index (χ1) is 14.9. The highest BCUT2D eigenvalue weighted by Crippen LogP contribution is 2.29. The van der Waals surface area contributed by atoms with Gasteiger partial charge in [-0.1, -0.05) is 24.3 Å². The molecule has 0 N–H and O–H groups in total. The van der Waals surface area contributed by atoms with Crippen molar-refractivity contribution in [3.63, 3.8) is 0 Å². The normalized spacial score (nSPS) is 16.7. The van der Waals surface area contributed by atoms with Crippen molar-refractivity contribution in [1.82, 2.24) is 9.80 Å². The molecule has 2 aliphatic rings. The molecule has 1 saturated heterocycles. The summed E-state index contributed by atoms with van der Waals surface area (Å²) in [4.78, 5) is 42.9. The van der Waals surface area contributed by atoms with Crippen LogP contribution in [0.2, 0.25) is 0 Å². The number of ketones is 1. The first kappa shape index (κ1) is 21.1. The van der Waals surface area contributed by atoms with Crippen LogP contribution >= 0.6 is 0 Å². The van der Waals surface area contributed by atoms with Crippen molar-refractivity contribution < 1.29 is 19.1 Å². The van der Waals surface area contributed by atoms with Gasteiger partial charge in [-0.15, -0.1) is 0 Å². The Bertz CT molecular complexity index is 961.